The second kappa shape index (κ2) is 5.09. The molecule has 0 heterocycles. The number of allylic oxidation sites excluding steroid dienone is 2. The summed E-state index contributed by atoms with van der Waals surface area (Å²) < 4.78 is 9.80. The molecule has 2 unspecified atom stereocenters. The van der Waals surface area contributed by atoms with Crippen molar-refractivity contribution >= 4 is 5.97 Å². The summed E-state index contributed by atoms with van der Waals surface area (Å²) in [5.74, 6) is -2.15. The Morgan fingerprint density at radius 3 is 2.87 bits per heavy atom. The molecule has 0 aromatic heterocycles. The molecule has 0 saturated carbocycles. The van der Waals surface area contributed by atoms with Crippen LogP contribution >= 0.6 is 0 Å². The number of rotatable bonds is 4. The topological polar surface area (TPSA) is 55.8 Å². The predicted octanol–water partition coefficient (Wildman–Crippen LogP) is 1.02. The molecule has 1 N–H and O–H groups in total. The molecule has 4 nitrogen and oxygen atoms in total. The molecular formula is C11H16O4. The molecule has 15 heavy (non-hydrogen) atoms. The second-order valence-corrected chi connectivity index (χ2v) is 3.32. The van der Waals surface area contributed by atoms with Gasteiger partial charge in [0, 0.05) is 12.5 Å². The summed E-state index contributed by atoms with van der Waals surface area (Å²) in [5, 5.41) is 10.1. The average molecular weight is 212 g/mol. The summed E-state index contributed by atoms with van der Waals surface area (Å²) in [6.45, 7) is 2.17. The fourth-order valence-electron chi connectivity index (χ4n) is 1.52. The van der Waals surface area contributed by atoms with Crippen molar-refractivity contribution in [2.24, 2.45) is 5.92 Å². The van der Waals surface area contributed by atoms with E-state index in [1.165, 1.54) is 7.11 Å². The Kier molecular flexibility index (Phi) is 4.05. The fraction of sp³-hybridized carbons (Fsp3) is 0.545. The Hall–Kier alpha value is -1.13. The van der Waals surface area contributed by atoms with E-state index in [4.69, 9.17) is 4.74 Å². The molecule has 1 rings (SSSR count). The van der Waals surface area contributed by atoms with Gasteiger partial charge in [-0.3, -0.25) is 4.79 Å². The lowest BCUT2D eigenvalue weighted by Crippen LogP contribution is -2.40. The third-order valence-electron chi connectivity index (χ3n) is 2.31. The lowest BCUT2D eigenvalue weighted by Gasteiger charge is -2.32. The van der Waals surface area contributed by atoms with Gasteiger partial charge in [0.2, 0.25) is 0 Å². The van der Waals surface area contributed by atoms with Crippen LogP contribution in [0.5, 0.6) is 0 Å². The minimum Gasteiger partial charge on any atom is -0.469 e. The fourth-order valence-corrected chi connectivity index (χ4v) is 1.52. The number of esters is 1. The van der Waals surface area contributed by atoms with Crippen molar-refractivity contribution in [1.82, 2.24) is 0 Å². The first kappa shape index (κ1) is 11.9. The predicted molar refractivity (Wildman–Crippen MR) is 55.0 cm³/mol. The lowest BCUT2D eigenvalue weighted by molar-refractivity contribution is -0.194. The van der Waals surface area contributed by atoms with Crippen LogP contribution in [0.15, 0.2) is 24.3 Å². The van der Waals surface area contributed by atoms with Crippen molar-refractivity contribution in [3.05, 3.63) is 24.3 Å². The van der Waals surface area contributed by atoms with Crippen LogP contribution in [0.2, 0.25) is 0 Å². The summed E-state index contributed by atoms with van der Waals surface area (Å²) in [4.78, 5) is 11.1. The molecule has 0 bridgehead atoms. The molecule has 4 heteroatoms. The van der Waals surface area contributed by atoms with Crippen LogP contribution in [-0.4, -0.2) is 30.6 Å². The summed E-state index contributed by atoms with van der Waals surface area (Å²) in [5.41, 5.74) is 0. The minimum absolute atomic E-state index is 0.105. The van der Waals surface area contributed by atoms with Gasteiger partial charge >= 0.3 is 5.97 Å². The SMILES string of the molecule is CCOC1(O)C=CC=CC1CC(=O)OC. The van der Waals surface area contributed by atoms with E-state index >= 15 is 0 Å². The summed E-state index contributed by atoms with van der Waals surface area (Å²) in [7, 11) is 1.32. The molecule has 0 saturated heterocycles. The average Bonchev–Trinajstić information content (AvgIpc) is 2.22. The van der Waals surface area contributed by atoms with E-state index in [2.05, 4.69) is 4.74 Å². The zero-order valence-corrected chi connectivity index (χ0v) is 8.97. The highest BCUT2D eigenvalue weighted by Crippen LogP contribution is 2.28. The van der Waals surface area contributed by atoms with E-state index in [-0.39, 0.29) is 12.4 Å². The normalized spacial score (nSPS) is 29.1. The Bertz CT molecular complexity index is 282. The molecule has 0 aliphatic heterocycles. The number of hydrogen-bond acceptors (Lipinski definition) is 4. The molecule has 0 fully saturated rings. The Labute approximate surface area is 89.2 Å². The molecular weight excluding hydrogens is 196 g/mol. The van der Waals surface area contributed by atoms with Gasteiger partial charge < -0.3 is 14.6 Å². The highest BCUT2D eigenvalue weighted by atomic mass is 16.6. The maximum Gasteiger partial charge on any atom is 0.306 e. The van der Waals surface area contributed by atoms with Crippen LogP contribution in [0.25, 0.3) is 0 Å². The number of methoxy groups -OCH3 is 1. The Morgan fingerprint density at radius 2 is 2.27 bits per heavy atom. The van der Waals surface area contributed by atoms with Crippen LogP contribution in [-0.2, 0) is 14.3 Å². The molecule has 0 aromatic carbocycles. The first-order valence-corrected chi connectivity index (χ1v) is 4.91. The van der Waals surface area contributed by atoms with Crippen LogP contribution in [0.4, 0.5) is 0 Å². The first-order chi connectivity index (χ1) is 7.12. The number of carbonyl (C=O) groups is 1. The quantitative estimate of drug-likeness (QED) is 0.558. The van der Waals surface area contributed by atoms with Crippen molar-refractivity contribution in [1.29, 1.82) is 0 Å². The largest absolute Gasteiger partial charge is 0.469 e. The zero-order valence-electron chi connectivity index (χ0n) is 8.97. The molecule has 2 atom stereocenters. The third-order valence-corrected chi connectivity index (χ3v) is 2.31. The van der Waals surface area contributed by atoms with Crippen LogP contribution in [0, 0.1) is 5.92 Å². The van der Waals surface area contributed by atoms with Crippen molar-refractivity contribution in [2.45, 2.75) is 19.1 Å². The number of carbonyl (C=O) groups excluding carboxylic acids is 1. The van der Waals surface area contributed by atoms with Gasteiger partial charge in [-0.15, -0.1) is 0 Å². The Balaban J connectivity index is 2.71. The smallest absolute Gasteiger partial charge is 0.306 e. The summed E-state index contributed by atoms with van der Waals surface area (Å²) >= 11 is 0. The molecule has 0 aromatic rings. The summed E-state index contributed by atoms with van der Waals surface area (Å²) in [6, 6.07) is 0. The van der Waals surface area contributed by atoms with Crippen molar-refractivity contribution in [3.63, 3.8) is 0 Å². The molecule has 0 radical (unpaired) electrons. The maximum absolute atomic E-state index is 11.1. The van der Waals surface area contributed by atoms with Crippen molar-refractivity contribution in [3.8, 4) is 0 Å². The van der Waals surface area contributed by atoms with E-state index in [9.17, 15) is 9.90 Å². The van der Waals surface area contributed by atoms with Gasteiger partial charge in [0.05, 0.1) is 13.5 Å². The summed E-state index contributed by atoms with van der Waals surface area (Å²) in [6.07, 6.45) is 6.87. The third kappa shape index (κ3) is 2.91. The Morgan fingerprint density at radius 1 is 1.53 bits per heavy atom. The van der Waals surface area contributed by atoms with Crippen LogP contribution in [0.1, 0.15) is 13.3 Å². The number of hydrogen-bond donors (Lipinski definition) is 1. The van der Waals surface area contributed by atoms with E-state index in [0.717, 1.165) is 0 Å². The molecule has 0 amide bonds. The van der Waals surface area contributed by atoms with Gasteiger partial charge in [-0.05, 0) is 13.0 Å². The van der Waals surface area contributed by atoms with E-state index in [1.807, 2.05) is 0 Å². The number of aliphatic hydroxyl groups is 1. The van der Waals surface area contributed by atoms with Crippen molar-refractivity contribution < 1.29 is 19.4 Å². The van der Waals surface area contributed by atoms with Crippen molar-refractivity contribution in [2.75, 3.05) is 13.7 Å². The van der Waals surface area contributed by atoms with Gasteiger partial charge in [0.1, 0.15) is 0 Å². The maximum atomic E-state index is 11.1. The first-order valence-electron chi connectivity index (χ1n) is 4.91. The van der Waals surface area contributed by atoms with E-state index in [0.29, 0.717) is 6.61 Å². The molecule has 1 aliphatic rings. The lowest BCUT2D eigenvalue weighted by atomic mass is 9.91. The highest BCUT2D eigenvalue weighted by Gasteiger charge is 2.36. The second-order valence-electron chi connectivity index (χ2n) is 3.32. The van der Waals surface area contributed by atoms with Gasteiger partial charge in [0.15, 0.2) is 5.79 Å². The van der Waals surface area contributed by atoms with Gasteiger partial charge in [-0.2, -0.15) is 0 Å². The van der Waals surface area contributed by atoms with Gasteiger partial charge in [-0.1, -0.05) is 18.2 Å². The highest BCUT2D eigenvalue weighted by molar-refractivity contribution is 5.70. The van der Waals surface area contributed by atoms with E-state index in [1.54, 1.807) is 31.2 Å². The monoisotopic (exact) mass is 212 g/mol. The zero-order chi connectivity index (χ0) is 11.3. The van der Waals surface area contributed by atoms with Gasteiger partial charge in [-0.25, -0.2) is 0 Å². The molecule has 84 valence electrons. The van der Waals surface area contributed by atoms with Crippen LogP contribution in [0.3, 0.4) is 0 Å². The minimum atomic E-state index is -1.39. The standard InChI is InChI=1S/C11H16O4/c1-3-15-11(13)7-5-4-6-9(11)8-10(12)14-2/h4-7,9,13H,3,8H2,1-2H3. The number of ether oxygens (including phenoxy) is 2. The van der Waals surface area contributed by atoms with Crippen LogP contribution < -0.4 is 0 Å². The van der Waals surface area contributed by atoms with E-state index < -0.39 is 11.7 Å². The molecule has 0 spiro atoms. The molecule has 1 aliphatic carbocycles. The van der Waals surface area contributed by atoms with Gasteiger partial charge in [0.25, 0.3) is 0 Å².